The van der Waals surface area contributed by atoms with Gasteiger partial charge in [-0.15, -0.1) is 11.3 Å². The third-order valence-electron chi connectivity index (χ3n) is 3.01. The number of nitrogens with zero attached hydrogens (tertiary/aromatic N) is 4. The van der Waals surface area contributed by atoms with E-state index >= 15 is 0 Å². The Morgan fingerprint density at radius 2 is 2.24 bits per heavy atom. The summed E-state index contributed by atoms with van der Waals surface area (Å²) < 4.78 is 1.68. The van der Waals surface area contributed by atoms with Crippen molar-refractivity contribution in [2.45, 2.75) is 40.2 Å². The number of aryl methyl sites for hydroxylation is 3. The molecule has 0 unspecified atom stereocenters. The van der Waals surface area contributed by atoms with Crippen molar-refractivity contribution in [2.24, 2.45) is 0 Å². The van der Waals surface area contributed by atoms with Crippen LogP contribution in [0.5, 0.6) is 0 Å². The van der Waals surface area contributed by atoms with E-state index in [4.69, 9.17) is 0 Å². The van der Waals surface area contributed by atoms with Crippen LogP contribution in [0.1, 0.15) is 29.7 Å². The summed E-state index contributed by atoms with van der Waals surface area (Å²) in [4.78, 5) is 15.2. The maximum absolute atomic E-state index is 11.2. The van der Waals surface area contributed by atoms with E-state index in [1.54, 1.807) is 22.9 Å². The summed E-state index contributed by atoms with van der Waals surface area (Å²) in [5, 5.41) is 21.6. The first-order valence-corrected chi connectivity index (χ1v) is 7.77. The molecule has 2 heterocycles. The molecule has 0 amide bonds. The first kappa shape index (κ1) is 15.4. The van der Waals surface area contributed by atoms with Crippen LogP contribution in [0.25, 0.3) is 0 Å². The summed E-state index contributed by atoms with van der Waals surface area (Å²) >= 11 is 1.61. The zero-order chi connectivity index (χ0) is 15.4. The number of nitro groups is 1. The number of nitrogens with one attached hydrogen (secondary N) is 1. The van der Waals surface area contributed by atoms with Crippen molar-refractivity contribution in [3.63, 3.8) is 0 Å². The normalized spacial score (nSPS) is 10.8. The predicted molar refractivity (Wildman–Crippen MR) is 83.0 cm³/mol. The molecule has 8 heteroatoms. The summed E-state index contributed by atoms with van der Waals surface area (Å²) in [6.45, 7) is 6.90. The highest BCUT2D eigenvalue weighted by Gasteiger charge is 2.24. The van der Waals surface area contributed by atoms with Gasteiger partial charge in [0.2, 0.25) is 5.82 Å². The van der Waals surface area contributed by atoms with E-state index in [-0.39, 0.29) is 10.6 Å². The third-order valence-corrected chi connectivity index (χ3v) is 4.04. The standard InChI is InChI=1S/C13H19N5O2S/c1-4-7-17-13(12(18(19)20)10(3)16-17)14-6-5-11-15-9(2)8-21-11/h8,14H,4-7H2,1-3H3. The summed E-state index contributed by atoms with van der Waals surface area (Å²) in [7, 11) is 0. The fourth-order valence-corrected chi connectivity index (χ4v) is 2.92. The molecule has 0 spiro atoms. The van der Waals surface area contributed by atoms with E-state index in [0.29, 0.717) is 24.6 Å². The third kappa shape index (κ3) is 3.57. The lowest BCUT2D eigenvalue weighted by Gasteiger charge is -2.07. The molecule has 0 saturated heterocycles. The minimum Gasteiger partial charge on any atom is -0.364 e. The van der Waals surface area contributed by atoms with Gasteiger partial charge in [-0.05, 0) is 20.3 Å². The van der Waals surface area contributed by atoms with Crippen molar-refractivity contribution in [1.29, 1.82) is 0 Å². The Bertz CT molecular complexity index is 635. The Hall–Kier alpha value is -1.96. The molecule has 0 saturated carbocycles. The molecule has 21 heavy (non-hydrogen) atoms. The molecule has 0 aliphatic carbocycles. The Morgan fingerprint density at radius 1 is 1.48 bits per heavy atom. The highest BCUT2D eigenvalue weighted by molar-refractivity contribution is 7.09. The Balaban J connectivity index is 2.11. The van der Waals surface area contributed by atoms with E-state index in [0.717, 1.165) is 23.5 Å². The van der Waals surface area contributed by atoms with Crippen LogP contribution in [0.15, 0.2) is 5.38 Å². The minimum absolute atomic E-state index is 0.0683. The second-order valence-electron chi connectivity index (χ2n) is 4.82. The van der Waals surface area contributed by atoms with Gasteiger partial charge in [-0.3, -0.25) is 10.1 Å². The molecule has 0 aromatic carbocycles. The molecule has 2 aromatic heterocycles. The number of anilines is 1. The van der Waals surface area contributed by atoms with Crippen molar-refractivity contribution >= 4 is 22.8 Å². The lowest BCUT2D eigenvalue weighted by molar-refractivity contribution is -0.384. The lowest BCUT2D eigenvalue weighted by atomic mass is 10.3. The highest BCUT2D eigenvalue weighted by Crippen LogP contribution is 2.28. The molecule has 1 N–H and O–H groups in total. The van der Waals surface area contributed by atoms with Crippen LogP contribution in [0, 0.1) is 24.0 Å². The molecule has 0 aliphatic heterocycles. The number of hydrogen-bond acceptors (Lipinski definition) is 6. The minimum atomic E-state index is -0.371. The van der Waals surface area contributed by atoms with Crippen LogP contribution < -0.4 is 5.32 Å². The monoisotopic (exact) mass is 309 g/mol. The topological polar surface area (TPSA) is 85.9 Å². The van der Waals surface area contributed by atoms with E-state index in [9.17, 15) is 10.1 Å². The predicted octanol–water partition coefficient (Wildman–Crippen LogP) is 2.93. The van der Waals surface area contributed by atoms with Crippen LogP contribution in [-0.4, -0.2) is 26.2 Å². The molecule has 2 aromatic rings. The van der Waals surface area contributed by atoms with Gasteiger partial charge >= 0.3 is 5.69 Å². The van der Waals surface area contributed by atoms with E-state index < -0.39 is 0 Å². The summed E-state index contributed by atoms with van der Waals surface area (Å²) in [6.07, 6.45) is 1.62. The van der Waals surface area contributed by atoms with Gasteiger partial charge in [-0.2, -0.15) is 5.10 Å². The maximum Gasteiger partial charge on any atom is 0.333 e. The van der Waals surface area contributed by atoms with Gasteiger partial charge in [0.05, 0.1) is 9.93 Å². The van der Waals surface area contributed by atoms with Crippen molar-refractivity contribution in [1.82, 2.24) is 14.8 Å². The number of aromatic nitrogens is 3. The molecule has 0 radical (unpaired) electrons. The van der Waals surface area contributed by atoms with Crippen molar-refractivity contribution < 1.29 is 4.92 Å². The van der Waals surface area contributed by atoms with E-state index in [1.165, 1.54) is 0 Å². The summed E-state index contributed by atoms with van der Waals surface area (Å²) in [6, 6.07) is 0. The SMILES string of the molecule is CCCn1nc(C)c([N+](=O)[O-])c1NCCc1nc(C)cs1. The van der Waals surface area contributed by atoms with Gasteiger partial charge in [-0.25, -0.2) is 9.67 Å². The smallest absolute Gasteiger partial charge is 0.333 e. The fourth-order valence-electron chi connectivity index (χ4n) is 2.14. The van der Waals surface area contributed by atoms with E-state index in [1.807, 2.05) is 19.2 Å². The zero-order valence-corrected chi connectivity index (χ0v) is 13.2. The van der Waals surface area contributed by atoms with Crippen LogP contribution in [0.3, 0.4) is 0 Å². The number of thiazole rings is 1. The quantitative estimate of drug-likeness (QED) is 0.627. The van der Waals surface area contributed by atoms with Crippen LogP contribution in [-0.2, 0) is 13.0 Å². The number of hydrogen-bond donors (Lipinski definition) is 1. The largest absolute Gasteiger partial charge is 0.364 e. The Kier molecular flexibility index (Phi) is 4.89. The molecule has 7 nitrogen and oxygen atoms in total. The van der Waals surface area contributed by atoms with Crippen LogP contribution >= 0.6 is 11.3 Å². The molecular formula is C13H19N5O2S. The maximum atomic E-state index is 11.2. The molecular weight excluding hydrogens is 290 g/mol. The lowest BCUT2D eigenvalue weighted by Crippen LogP contribution is -2.12. The highest BCUT2D eigenvalue weighted by atomic mass is 32.1. The average molecular weight is 309 g/mol. The van der Waals surface area contributed by atoms with Gasteiger partial charge in [-0.1, -0.05) is 6.92 Å². The molecule has 114 valence electrons. The molecule has 2 rings (SSSR count). The summed E-state index contributed by atoms with van der Waals surface area (Å²) in [5.74, 6) is 0.493. The molecule has 0 bridgehead atoms. The summed E-state index contributed by atoms with van der Waals surface area (Å²) in [5.41, 5.74) is 1.52. The first-order valence-electron chi connectivity index (χ1n) is 6.89. The van der Waals surface area contributed by atoms with Crippen LogP contribution in [0.4, 0.5) is 11.5 Å². The second-order valence-corrected chi connectivity index (χ2v) is 5.76. The van der Waals surface area contributed by atoms with Gasteiger partial charge in [0, 0.05) is 30.6 Å². The van der Waals surface area contributed by atoms with Gasteiger partial charge < -0.3 is 5.32 Å². The number of rotatable bonds is 7. The second kappa shape index (κ2) is 6.66. The van der Waals surface area contributed by atoms with Crippen molar-refractivity contribution in [3.8, 4) is 0 Å². The molecule has 0 fully saturated rings. The average Bonchev–Trinajstić information content (AvgIpc) is 2.94. The fraction of sp³-hybridized carbons (Fsp3) is 0.538. The first-order chi connectivity index (χ1) is 10.0. The van der Waals surface area contributed by atoms with Gasteiger partial charge in [0.1, 0.15) is 5.69 Å². The van der Waals surface area contributed by atoms with Crippen molar-refractivity contribution in [3.05, 3.63) is 31.9 Å². The van der Waals surface area contributed by atoms with E-state index in [2.05, 4.69) is 15.4 Å². The molecule has 0 aliphatic rings. The molecule has 0 atom stereocenters. The Labute approximate surface area is 127 Å². The van der Waals surface area contributed by atoms with Gasteiger partial charge in [0.25, 0.3) is 0 Å². The Morgan fingerprint density at radius 3 is 2.81 bits per heavy atom. The van der Waals surface area contributed by atoms with Crippen LogP contribution in [0.2, 0.25) is 0 Å². The zero-order valence-electron chi connectivity index (χ0n) is 12.4. The van der Waals surface area contributed by atoms with Crippen molar-refractivity contribution in [2.75, 3.05) is 11.9 Å². The van der Waals surface area contributed by atoms with Gasteiger partial charge in [0.15, 0.2) is 0 Å².